The third kappa shape index (κ3) is 4.27. The first-order valence-electron chi connectivity index (χ1n) is 10.4. The summed E-state index contributed by atoms with van der Waals surface area (Å²) in [5.74, 6) is 1.33. The number of sulfonamides is 1. The van der Waals surface area contributed by atoms with Crippen molar-refractivity contribution >= 4 is 15.9 Å². The Morgan fingerprint density at radius 2 is 1.77 bits per heavy atom. The van der Waals surface area contributed by atoms with Crippen LogP contribution in [0.2, 0.25) is 0 Å². The molecule has 0 spiro atoms. The third-order valence-corrected chi connectivity index (χ3v) is 8.27. The van der Waals surface area contributed by atoms with Crippen LogP contribution in [0.4, 0.5) is 0 Å². The number of nitrogens with one attached hydrogen (secondary N) is 1. The summed E-state index contributed by atoms with van der Waals surface area (Å²) >= 11 is 0. The van der Waals surface area contributed by atoms with Crippen molar-refractivity contribution < 1.29 is 22.7 Å². The first kappa shape index (κ1) is 21.6. The standard InChI is InChI=1S/C23H28N2O5S/c1-16-4-7-21(17(2)12-16)31(27,28)25-10-8-23(3,9-11-25)22(26)24-14-18-5-6-19-20(13-18)30-15-29-19/h4-7,12-13H,8-11,14-15H2,1-3H3,(H,24,26). The monoisotopic (exact) mass is 444 g/mol. The Morgan fingerprint density at radius 3 is 2.48 bits per heavy atom. The molecule has 2 aromatic rings. The zero-order valence-electron chi connectivity index (χ0n) is 18.1. The molecular weight excluding hydrogens is 416 g/mol. The van der Waals surface area contributed by atoms with Crippen molar-refractivity contribution in [3.63, 3.8) is 0 Å². The van der Waals surface area contributed by atoms with Crippen LogP contribution in [-0.2, 0) is 21.4 Å². The normalized spacial score (nSPS) is 18.0. The van der Waals surface area contributed by atoms with Gasteiger partial charge in [0.15, 0.2) is 11.5 Å². The molecule has 0 bridgehead atoms. The number of hydrogen-bond donors (Lipinski definition) is 1. The predicted octanol–water partition coefficient (Wildman–Crippen LogP) is 3.14. The van der Waals surface area contributed by atoms with Gasteiger partial charge in [-0.25, -0.2) is 8.42 Å². The van der Waals surface area contributed by atoms with Crippen molar-refractivity contribution in [1.29, 1.82) is 0 Å². The molecule has 31 heavy (non-hydrogen) atoms. The number of rotatable bonds is 5. The molecule has 2 heterocycles. The van der Waals surface area contributed by atoms with Crippen molar-refractivity contribution in [2.75, 3.05) is 19.9 Å². The summed E-state index contributed by atoms with van der Waals surface area (Å²) in [7, 11) is -3.57. The summed E-state index contributed by atoms with van der Waals surface area (Å²) in [4.78, 5) is 13.3. The Balaban J connectivity index is 1.38. The smallest absolute Gasteiger partial charge is 0.243 e. The van der Waals surface area contributed by atoms with Gasteiger partial charge in [0.25, 0.3) is 0 Å². The highest BCUT2D eigenvalue weighted by atomic mass is 32.2. The highest BCUT2D eigenvalue weighted by molar-refractivity contribution is 7.89. The molecule has 0 radical (unpaired) electrons. The average Bonchev–Trinajstić information content (AvgIpc) is 3.20. The van der Waals surface area contributed by atoms with Crippen molar-refractivity contribution in [3.05, 3.63) is 53.1 Å². The zero-order valence-corrected chi connectivity index (χ0v) is 18.9. The maximum Gasteiger partial charge on any atom is 0.243 e. The second-order valence-corrected chi connectivity index (χ2v) is 10.5. The van der Waals surface area contributed by atoms with Crippen molar-refractivity contribution in [2.45, 2.75) is 45.1 Å². The van der Waals surface area contributed by atoms with Gasteiger partial charge in [-0.3, -0.25) is 4.79 Å². The van der Waals surface area contributed by atoms with Gasteiger partial charge in [0, 0.05) is 25.0 Å². The molecule has 0 atom stereocenters. The number of aryl methyl sites for hydroxylation is 2. The summed E-state index contributed by atoms with van der Waals surface area (Å²) in [6.45, 7) is 6.91. The SMILES string of the molecule is Cc1ccc(S(=O)(=O)N2CCC(C)(C(=O)NCc3ccc4c(c3)OCO4)CC2)c(C)c1. The van der Waals surface area contributed by atoms with Gasteiger partial charge in [0.1, 0.15) is 0 Å². The van der Waals surface area contributed by atoms with E-state index < -0.39 is 15.4 Å². The fourth-order valence-corrected chi connectivity index (χ4v) is 5.77. The Hall–Kier alpha value is -2.58. The molecule has 2 aromatic carbocycles. The fourth-order valence-electron chi connectivity index (χ4n) is 4.12. The van der Waals surface area contributed by atoms with Crippen LogP contribution < -0.4 is 14.8 Å². The average molecular weight is 445 g/mol. The van der Waals surface area contributed by atoms with E-state index in [1.54, 1.807) is 6.07 Å². The lowest BCUT2D eigenvalue weighted by atomic mass is 9.80. The summed E-state index contributed by atoms with van der Waals surface area (Å²) < 4.78 is 38.4. The van der Waals surface area contributed by atoms with E-state index >= 15 is 0 Å². The Morgan fingerprint density at radius 1 is 1.06 bits per heavy atom. The number of hydrogen-bond acceptors (Lipinski definition) is 5. The van der Waals surface area contributed by atoms with Gasteiger partial charge in [-0.2, -0.15) is 4.31 Å². The first-order chi connectivity index (χ1) is 14.7. The van der Waals surface area contributed by atoms with Crippen LogP contribution in [0.25, 0.3) is 0 Å². The molecule has 1 saturated heterocycles. The second-order valence-electron chi connectivity index (χ2n) is 8.60. The number of carbonyl (C=O) groups is 1. The number of nitrogens with zero attached hydrogens (tertiary/aromatic N) is 1. The number of carbonyl (C=O) groups excluding carboxylic acids is 1. The Kier molecular flexibility index (Phi) is 5.70. The van der Waals surface area contributed by atoms with E-state index in [0.717, 1.165) is 16.7 Å². The lowest BCUT2D eigenvalue weighted by molar-refractivity contribution is -0.132. The third-order valence-electron chi connectivity index (χ3n) is 6.21. The lowest BCUT2D eigenvalue weighted by Gasteiger charge is -2.37. The van der Waals surface area contributed by atoms with Crippen LogP contribution >= 0.6 is 0 Å². The zero-order chi connectivity index (χ0) is 22.2. The van der Waals surface area contributed by atoms with Gasteiger partial charge in [-0.15, -0.1) is 0 Å². The first-order valence-corrected chi connectivity index (χ1v) is 11.9. The van der Waals surface area contributed by atoms with Crippen LogP contribution in [0.5, 0.6) is 11.5 Å². The molecule has 0 saturated carbocycles. The molecule has 0 aromatic heterocycles. The number of ether oxygens (including phenoxy) is 2. The highest BCUT2D eigenvalue weighted by Crippen LogP contribution is 2.35. The maximum atomic E-state index is 13.1. The molecule has 1 N–H and O–H groups in total. The highest BCUT2D eigenvalue weighted by Gasteiger charge is 2.40. The van der Waals surface area contributed by atoms with E-state index in [1.165, 1.54) is 4.31 Å². The van der Waals surface area contributed by atoms with E-state index in [2.05, 4.69) is 5.32 Å². The van der Waals surface area contributed by atoms with Gasteiger partial charge in [-0.1, -0.05) is 30.7 Å². The molecule has 1 amide bonds. The van der Waals surface area contributed by atoms with E-state index in [-0.39, 0.29) is 12.7 Å². The van der Waals surface area contributed by atoms with Crippen LogP contribution in [-0.4, -0.2) is 38.5 Å². The molecule has 7 nitrogen and oxygen atoms in total. The second kappa shape index (κ2) is 8.16. The number of piperidine rings is 1. The molecule has 1 fully saturated rings. The number of benzene rings is 2. The number of fused-ring (bicyclic) bond motifs is 1. The quantitative estimate of drug-likeness (QED) is 0.766. The largest absolute Gasteiger partial charge is 0.454 e. The minimum atomic E-state index is -3.57. The van der Waals surface area contributed by atoms with E-state index in [0.29, 0.717) is 48.9 Å². The van der Waals surface area contributed by atoms with Crippen LogP contribution in [0.3, 0.4) is 0 Å². The number of amides is 1. The molecule has 0 unspecified atom stereocenters. The Labute approximate surface area is 183 Å². The molecule has 2 aliphatic rings. The lowest BCUT2D eigenvalue weighted by Crippen LogP contribution is -2.48. The van der Waals surface area contributed by atoms with Gasteiger partial charge in [0.2, 0.25) is 22.7 Å². The Bertz CT molecular complexity index is 1100. The van der Waals surface area contributed by atoms with Crippen LogP contribution in [0, 0.1) is 19.3 Å². The summed E-state index contributed by atoms with van der Waals surface area (Å²) in [5.41, 5.74) is 2.10. The van der Waals surface area contributed by atoms with Gasteiger partial charge in [0.05, 0.1) is 4.90 Å². The van der Waals surface area contributed by atoms with Crippen molar-refractivity contribution in [3.8, 4) is 11.5 Å². The van der Waals surface area contributed by atoms with Gasteiger partial charge in [-0.05, 0) is 56.0 Å². The molecule has 8 heteroatoms. The summed E-state index contributed by atoms with van der Waals surface area (Å²) in [5, 5.41) is 3.00. The predicted molar refractivity (Wildman–Crippen MR) is 116 cm³/mol. The van der Waals surface area contributed by atoms with Gasteiger partial charge >= 0.3 is 0 Å². The molecular formula is C23H28N2O5S. The molecule has 166 valence electrons. The fraction of sp³-hybridized carbons (Fsp3) is 0.435. The summed E-state index contributed by atoms with van der Waals surface area (Å²) in [6.07, 6.45) is 0.953. The maximum absolute atomic E-state index is 13.1. The van der Waals surface area contributed by atoms with Gasteiger partial charge < -0.3 is 14.8 Å². The topological polar surface area (TPSA) is 84.9 Å². The molecule has 2 aliphatic heterocycles. The minimum Gasteiger partial charge on any atom is -0.454 e. The van der Waals surface area contributed by atoms with E-state index in [4.69, 9.17) is 9.47 Å². The van der Waals surface area contributed by atoms with Crippen molar-refractivity contribution in [2.24, 2.45) is 5.41 Å². The van der Waals surface area contributed by atoms with E-state index in [9.17, 15) is 13.2 Å². The molecule has 0 aliphatic carbocycles. The van der Waals surface area contributed by atoms with Crippen molar-refractivity contribution in [1.82, 2.24) is 9.62 Å². The molecule has 4 rings (SSSR count). The minimum absolute atomic E-state index is 0.0614. The van der Waals surface area contributed by atoms with Crippen LogP contribution in [0.15, 0.2) is 41.3 Å². The van der Waals surface area contributed by atoms with E-state index in [1.807, 2.05) is 51.1 Å². The summed E-state index contributed by atoms with van der Waals surface area (Å²) in [6, 6.07) is 11.0. The van der Waals surface area contributed by atoms with Crippen LogP contribution in [0.1, 0.15) is 36.5 Å².